The Morgan fingerprint density at radius 3 is 2.07 bits per heavy atom. The van der Waals surface area contributed by atoms with Gasteiger partial charge in [-0.05, 0) is 17.7 Å². The minimum absolute atomic E-state index is 0.148. The van der Waals surface area contributed by atoms with E-state index in [-0.39, 0.29) is 5.69 Å². The van der Waals surface area contributed by atoms with Crippen molar-refractivity contribution < 1.29 is 24.7 Å². The highest BCUT2D eigenvalue weighted by atomic mass is 16.6. The van der Waals surface area contributed by atoms with E-state index < -0.39 is 43.4 Å². The van der Waals surface area contributed by atoms with E-state index in [1.54, 1.807) is 0 Å². The molecule has 13 heteroatoms. The summed E-state index contributed by atoms with van der Waals surface area (Å²) in [6.07, 6.45) is 1.12. The van der Waals surface area contributed by atoms with Crippen molar-refractivity contribution in [1.82, 2.24) is 5.43 Å². The molecule has 0 saturated carbocycles. The SMILES string of the molecule is O=C(N/N=C/c1ccc([N+](=O)[O-])cc1)c1cc([N+](=O)[O-])cc([N+](=O)[O-])c1O. The maximum atomic E-state index is 12.0. The standard InChI is InChI=1S/C14H9N5O8/c20-13-11(5-10(18(24)25)6-12(13)19(26)27)14(21)16-15-7-8-1-3-9(4-2-8)17(22)23/h1-7,20H,(H,16,21)/b15-7+. The summed E-state index contributed by atoms with van der Waals surface area (Å²) in [5, 5.41) is 45.6. The number of hydrazone groups is 1. The molecule has 0 unspecified atom stereocenters. The molecule has 2 N–H and O–H groups in total. The van der Waals surface area contributed by atoms with E-state index in [9.17, 15) is 40.2 Å². The van der Waals surface area contributed by atoms with Crippen LogP contribution in [0.4, 0.5) is 17.1 Å². The lowest BCUT2D eigenvalue weighted by molar-refractivity contribution is -0.394. The van der Waals surface area contributed by atoms with Gasteiger partial charge in [0.1, 0.15) is 0 Å². The lowest BCUT2D eigenvalue weighted by Crippen LogP contribution is -2.18. The number of amides is 1. The van der Waals surface area contributed by atoms with Gasteiger partial charge in [0.15, 0.2) is 0 Å². The van der Waals surface area contributed by atoms with E-state index in [4.69, 9.17) is 0 Å². The fourth-order valence-corrected chi connectivity index (χ4v) is 1.93. The zero-order valence-corrected chi connectivity index (χ0v) is 13.1. The number of nitro groups is 3. The van der Waals surface area contributed by atoms with Crippen LogP contribution >= 0.6 is 0 Å². The van der Waals surface area contributed by atoms with Crippen LogP contribution in [-0.2, 0) is 0 Å². The predicted molar refractivity (Wildman–Crippen MR) is 89.6 cm³/mol. The van der Waals surface area contributed by atoms with E-state index in [1.807, 2.05) is 5.43 Å². The number of phenols is 1. The lowest BCUT2D eigenvalue weighted by atomic mass is 10.1. The number of carbonyl (C=O) groups excluding carboxylic acids is 1. The normalized spacial score (nSPS) is 10.5. The molecule has 0 spiro atoms. The molecule has 1 amide bonds. The van der Waals surface area contributed by atoms with Crippen molar-refractivity contribution in [3.8, 4) is 5.75 Å². The molecule has 13 nitrogen and oxygen atoms in total. The average Bonchev–Trinajstić information content (AvgIpc) is 2.61. The highest BCUT2D eigenvalue weighted by Crippen LogP contribution is 2.34. The van der Waals surface area contributed by atoms with Gasteiger partial charge in [-0.1, -0.05) is 0 Å². The highest BCUT2D eigenvalue weighted by Gasteiger charge is 2.27. The summed E-state index contributed by atoms with van der Waals surface area (Å²) < 4.78 is 0. The Kier molecular flexibility index (Phi) is 5.35. The molecular formula is C14H9N5O8. The number of phenolic OH excluding ortho intramolecular Hbond substituents is 1. The molecule has 0 heterocycles. The summed E-state index contributed by atoms with van der Waals surface area (Å²) >= 11 is 0. The van der Waals surface area contributed by atoms with Crippen molar-refractivity contribution in [2.75, 3.05) is 0 Å². The minimum atomic E-state index is -1.13. The number of hydrogen-bond donors (Lipinski definition) is 2. The lowest BCUT2D eigenvalue weighted by Gasteiger charge is -2.04. The fraction of sp³-hybridized carbons (Fsp3) is 0. The quantitative estimate of drug-likeness (QED) is 0.434. The van der Waals surface area contributed by atoms with Crippen molar-refractivity contribution in [2.45, 2.75) is 0 Å². The molecule has 138 valence electrons. The predicted octanol–water partition coefficient (Wildman–Crippen LogP) is 1.88. The monoisotopic (exact) mass is 375 g/mol. The van der Waals surface area contributed by atoms with Gasteiger partial charge in [0, 0.05) is 18.2 Å². The number of nitro benzene ring substituents is 3. The van der Waals surface area contributed by atoms with E-state index in [0.29, 0.717) is 17.7 Å². The van der Waals surface area contributed by atoms with Crippen molar-refractivity contribution in [3.63, 3.8) is 0 Å². The molecule has 0 atom stereocenters. The second-order valence-corrected chi connectivity index (χ2v) is 4.92. The van der Waals surface area contributed by atoms with Gasteiger partial charge in [-0.25, -0.2) is 5.43 Å². The van der Waals surface area contributed by atoms with Crippen LogP contribution in [0.25, 0.3) is 0 Å². The van der Waals surface area contributed by atoms with E-state index in [0.717, 1.165) is 6.21 Å². The number of non-ortho nitro benzene ring substituents is 2. The highest BCUT2D eigenvalue weighted by molar-refractivity contribution is 5.99. The molecule has 0 fully saturated rings. The molecule has 0 radical (unpaired) electrons. The Morgan fingerprint density at radius 1 is 0.963 bits per heavy atom. The first-order chi connectivity index (χ1) is 12.7. The summed E-state index contributed by atoms with van der Waals surface area (Å²) in [7, 11) is 0. The zero-order valence-electron chi connectivity index (χ0n) is 13.1. The number of carbonyl (C=O) groups is 1. The van der Waals surface area contributed by atoms with Gasteiger partial charge in [0.25, 0.3) is 17.3 Å². The molecule has 2 rings (SSSR count). The Hall–Kier alpha value is -4.42. The summed E-state index contributed by atoms with van der Waals surface area (Å²) in [4.78, 5) is 41.6. The maximum absolute atomic E-state index is 12.0. The van der Waals surface area contributed by atoms with Gasteiger partial charge in [-0.2, -0.15) is 5.10 Å². The molecule has 2 aromatic carbocycles. The molecular weight excluding hydrogens is 366 g/mol. The van der Waals surface area contributed by atoms with Crippen molar-refractivity contribution in [1.29, 1.82) is 0 Å². The van der Waals surface area contributed by atoms with Gasteiger partial charge in [-0.3, -0.25) is 35.1 Å². The number of aromatic hydroxyl groups is 1. The Bertz CT molecular complexity index is 970. The molecule has 0 aliphatic heterocycles. The zero-order chi connectivity index (χ0) is 20.1. The second kappa shape index (κ2) is 7.64. The molecule has 0 aliphatic rings. The van der Waals surface area contributed by atoms with Gasteiger partial charge in [0.05, 0.1) is 32.6 Å². The summed E-state index contributed by atoms with van der Waals surface area (Å²) in [6, 6.07) is 6.30. The Labute approximate surface area is 149 Å². The number of benzene rings is 2. The minimum Gasteiger partial charge on any atom is -0.502 e. The van der Waals surface area contributed by atoms with Gasteiger partial charge < -0.3 is 5.11 Å². The number of rotatable bonds is 6. The van der Waals surface area contributed by atoms with Crippen LogP contribution in [0.5, 0.6) is 5.75 Å². The Morgan fingerprint density at radius 2 is 1.56 bits per heavy atom. The summed E-state index contributed by atoms with van der Waals surface area (Å²) in [5.41, 5.74) is -0.292. The van der Waals surface area contributed by atoms with Gasteiger partial charge in [0.2, 0.25) is 5.75 Å². The summed E-state index contributed by atoms with van der Waals surface area (Å²) in [5.74, 6) is -2.17. The molecule has 0 saturated heterocycles. The second-order valence-electron chi connectivity index (χ2n) is 4.92. The van der Waals surface area contributed by atoms with Crippen molar-refractivity contribution in [3.05, 3.63) is 77.9 Å². The van der Waals surface area contributed by atoms with Crippen LogP contribution < -0.4 is 5.43 Å². The first-order valence-electron chi connectivity index (χ1n) is 6.94. The summed E-state index contributed by atoms with van der Waals surface area (Å²) in [6.45, 7) is 0. The van der Waals surface area contributed by atoms with Gasteiger partial charge >= 0.3 is 5.69 Å². The number of nitrogens with zero attached hydrogens (tertiary/aromatic N) is 4. The van der Waals surface area contributed by atoms with Crippen LogP contribution in [0.3, 0.4) is 0 Å². The van der Waals surface area contributed by atoms with Crippen LogP contribution in [0.2, 0.25) is 0 Å². The molecule has 27 heavy (non-hydrogen) atoms. The van der Waals surface area contributed by atoms with Crippen LogP contribution in [-0.4, -0.2) is 32.0 Å². The van der Waals surface area contributed by atoms with Crippen LogP contribution in [0, 0.1) is 30.3 Å². The Balaban J connectivity index is 2.23. The molecule has 0 aliphatic carbocycles. The first kappa shape index (κ1) is 18.9. The van der Waals surface area contributed by atoms with Gasteiger partial charge in [-0.15, -0.1) is 0 Å². The fourth-order valence-electron chi connectivity index (χ4n) is 1.93. The van der Waals surface area contributed by atoms with Crippen molar-refractivity contribution >= 4 is 29.2 Å². The van der Waals surface area contributed by atoms with E-state index >= 15 is 0 Å². The van der Waals surface area contributed by atoms with E-state index in [1.165, 1.54) is 24.3 Å². The number of nitrogens with one attached hydrogen (secondary N) is 1. The average molecular weight is 375 g/mol. The largest absolute Gasteiger partial charge is 0.502 e. The first-order valence-corrected chi connectivity index (χ1v) is 6.94. The molecule has 2 aromatic rings. The third kappa shape index (κ3) is 4.36. The third-order valence-electron chi connectivity index (χ3n) is 3.21. The van der Waals surface area contributed by atoms with Crippen LogP contribution in [0.1, 0.15) is 15.9 Å². The number of hydrogen-bond acceptors (Lipinski definition) is 9. The molecule has 0 bridgehead atoms. The molecule has 0 aromatic heterocycles. The smallest absolute Gasteiger partial charge is 0.318 e. The van der Waals surface area contributed by atoms with E-state index in [2.05, 4.69) is 5.10 Å². The maximum Gasteiger partial charge on any atom is 0.318 e. The van der Waals surface area contributed by atoms with Crippen molar-refractivity contribution in [2.24, 2.45) is 5.10 Å². The third-order valence-corrected chi connectivity index (χ3v) is 3.21. The van der Waals surface area contributed by atoms with Crippen LogP contribution in [0.15, 0.2) is 41.5 Å². The topological polar surface area (TPSA) is 191 Å².